The molecule has 1 aliphatic rings. The molecular weight excluding hydrogens is 281 g/mol. The number of likely N-dealkylation sites (tertiary alicyclic amines) is 1. The summed E-state index contributed by atoms with van der Waals surface area (Å²) in [6, 6.07) is 7.03. The zero-order chi connectivity index (χ0) is 15.7. The minimum absolute atomic E-state index is 0.0306. The molecule has 22 heavy (non-hydrogen) atoms. The molecule has 1 aromatic carbocycles. The van der Waals surface area contributed by atoms with Gasteiger partial charge >= 0.3 is 0 Å². The molecule has 2 aromatic rings. The summed E-state index contributed by atoms with van der Waals surface area (Å²) in [6.07, 6.45) is 4.03. The van der Waals surface area contributed by atoms with Crippen LogP contribution in [-0.4, -0.2) is 32.2 Å². The molecule has 4 nitrogen and oxygen atoms in total. The number of hydrogen-bond acceptors (Lipinski definition) is 3. The van der Waals surface area contributed by atoms with E-state index in [4.69, 9.17) is 0 Å². The summed E-state index contributed by atoms with van der Waals surface area (Å²) in [5.74, 6) is 0.744. The van der Waals surface area contributed by atoms with Crippen molar-refractivity contribution < 1.29 is 9.50 Å². The lowest BCUT2D eigenvalue weighted by atomic mass is 10.0. The number of imidazole rings is 1. The zero-order valence-electron chi connectivity index (χ0n) is 13.0. The Kier molecular flexibility index (Phi) is 4.27. The highest BCUT2D eigenvalue weighted by Crippen LogP contribution is 2.33. The summed E-state index contributed by atoms with van der Waals surface area (Å²) in [5.41, 5.74) is 0.916. The number of nitrogens with zero attached hydrogens (tertiary/aromatic N) is 3. The summed E-state index contributed by atoms with van der Waals surface area (Å²) in [4.78, 5) is 6.62. The van der Waals surface area contributed by atoms with Crippen molar-refractivity contribution in [1.82, 2.24) is 14.5 Å². The predicted octanol–water partition coefficient (Wildman–Crippen LogP) is 2.91. The number of aliphatic hydroxyl groups is 1. The van der Waals surface area contributed by atoms with Gasteiger partial charge in [-0.1, -0.05) is 12.1 Å². The number of halogens is 1. The molecule has 1 N–H and O–H groups in total. The average Bonchev–Trinajstić information content (AvgIpc) is 3.06. The van der Waals surface area contributed by atoms with Crippen molar-refractivity contribution in [1.29, 1.82) is 0 Å². The number of aliphatic hydroxyl groups excluding tert-OH is 1. The van der Waals surface area contributed by atoms with Crippen LogP contribution in [0.25, 0.3) is 0 Å². The molecule has 2 atom stereocenters. The first kappa shape index (κ1) is 15.2. The largest absolute Gasteiger partial charge is 0.392 e. The van der Waals surface area contributed by atoms with Gasteiger partial charge in [-0.25, -0.2) is 9.37 Å². The van der Waals surface area contributed by atoms with E-state index in [-0.39, 0.29) is 18.0 Å². The molecule has 0 aliphatic carbocycles. The van der Waals surface area contributed by atoms with Crippen molar-refractivity contribution in [2.75, 3.05) is 6.54 Å². The van der Waals surface area contributed by atoms with E-state index in [0.717, 1.165) is 11.4 Å². The molecule has 2 heterocycles. The molecule has 3 rings (SSSR count). The maximum atomic E-state index is 13.5. The van der Waals surface area contributed by atoms with Crippen molar-refractivity contribution >= 4 is 0 Å². The molecule has 0 spiro atoms. The Morgan fingerprint density at radius 2 is 2.23 bits per heavy atom. The Morgan fingerprint density at radius 3 is 2.95 bits per heavy atom. The second-order valence-corrected chi connectivity index (χ2v) is 6.23. The van der Waals surface area contributed by atoms with Gasteiger partial charge in [0.05, 0.1) is 12.6 Å². The number of β-amino-alcohol motifs (C(OH)–C–C–N with tert-alkyl or cyclic N) is 1. The van der Waals surface area contributed by atoms with Gasteiger partial charge in [0.1, 0.15) is 11.6 Å². The van der Waals surface area contributed by atoms with Crippen LogP contribution in [-0.2, 0) is 6.54 Å². The fraction of sp³-hybridized carbons (Fsp3) is 0.471. The highest BCUT2D eigenvalue weighted by atomic mass is 19.1. The normalized spacial score (nSPS) is 22.6. The topological polar surface area (TPSA) is 41.3 Å². The Hall–Kier alpha value is -1.72. The molecule has 1 aliphatic heterocycles. The highest BCUT2D eigenvalue weighted by molar-refractivity contribution is 5.22. The summed E-state index contributed by atoms with van der Waals surface area (Å²) in [6.45, 7) is 5.48. The summed E-state index contributed by atoms with van der Waals surface area (Å²) >= 11 is 0. The van der Waals surface area contributed by atoms with Crippen molar-refractivity contribution in [2.24, 2.45) is 0 Å². The van der Waals surface area contributed by atoms with Crippen LogP contribution < -0.4 is 0 Å². The zero-order valence-corrected chi connectivity index (χ0v) is 13.0. The van der Waals surface area contributed by atoms with Crippen LogP contribution in [0.3, 0.4) is 0 Å². The fourth-order valence-electron chi connectivity index (χ4n) is 3.23. The Labute approximate surface area is 130 Å². The minimum Gasteiger partial charge on any atom is -0.392 e. The molecule has 5 heteroatoms. The van der Waals surface area contributed by atoms with E-state index >= 15 is 0 Å². The fourth-order valence-corrected chi connectivity index (χ4v) is 3.23. The van der Waals surface area contributed by atoms with Gasteiger partial charge in [-0.15, -0.1) is 0 Å². The molecule has 0 radical (unpaired) electrons. The maximum Gasteiger partial charge on any atom is 0.123 e. The van der Waals surface area contributed by atoms with E-state index in [9.17, 15) is 9.50 Å². The lowest BCUT2D eigenvalue weighted by Gasteiger charge is -2.25. The third-order valence-electron chi connectivity index (χ3n) is 4.26. The van der Waals surface area contributed by atoms with Crippen LogP contribution in [0.2, 0.25) is 0 Å². The van der Waals surface area contributed by atoms with Crippen molar-refractivity contribution in [3.63, 3.8) is 0 Å². The Morgan fingerprint density at radius 1 is 1.41 bits per heavy atom. The van der Waals surface area contributed by atoms with E-state index in [1.807, 2.05) is 12.3 Å². The van der Waals surface area contributed by atoms with Crippen LogP contribution >= 0.6 is 0 Å². The first-order chi connectivity index (χ1) is 10.5. The highest BCUT2D eigenvalue weighted by Gasteiger charge is 2.33. The first-order valence-electron chi connectivity index (χ1n) is 7.74. The Bertz CT molecular complexity index is 640. The van der Waals surface area contributed by atoms with Gasteiger partial charge < -0.3 is 9.67 Å². The van der Waals surface area contributed by atoms with Crippen LogP contribution in [0.4, 0.5) is 4.39 Å². The van der Waals surface area contributed by atoms with Gasteiger partial charge in [0, 0.05) is 31.0 Å². The monoisotopic (exact) mass is 303 g/mol. The van der Waals surface area contributed by atoms with E-state index in [1.165, 1.54) is 6.07 Å². The van der Waals surface area contributed by atoms with Crippen molar-refractivity contribution in [3.8, 4) is 0 Å². The molecular formula is C17H22FN3O. The van der Waals surface area contributed by atoms with Crippen LogP contribution in [0, 0.1) is 5.82 Å². The molecule has 0 bridgehead atoms. The van der Waals surface area contributed by atoms with Crippen LogP contribution in [0.15, 0.2) is 36.7 Å². The SMILES string of the molecule is CC(C)n1ccnc1CN1CC(O)CC1c1cccc(F)c1. The quantitative estimate of drug-likeness (QED) is 0.944. The maximum absolute atomic E-state index is 13.5. The van der Waals surface area contributed by atoms with Gasteiger partial charge in [0.25, 0.3) is 0 Å². The molecule has 1 saturated heterocycles. The van der Waals surface area contributed by atoms with E-state index < -0.39 is 0 Å². The summed E-state index contributed by atoms with van der Waals surface area (Å²) in [5, 5.41) is 10.0. The van der Waals surface area contributed by atoms with Gasteiger partial charge in [0.2, 0.25) is 0 Å². The van der Waals surface area contributed by atoms with Gasteiger partial charge in [-0.05, 0) is 38.0 Å². The lowest BCUT2D eigenvalue weighted by molar-refractivity contribution is 0.170. The van der Waals surface area contributed by atoms with E-state index in [0.29, 0.717) is 25.6 Å². The first-order valence-corrected chi connectivity index (χ1v) is 7.74. The number of rotatable bonds is 4. The average molecular weight is 303 g/mol. The second-order valence-electron chi connectivity index (χ2n) is 6.23. The summed E-state index contributed by atoms with van der Waals surface area (Å²) in [7, 11) is 0. The number of benzene rings is 1. The molecule has 1 fully saturated rings. The van der Waals surface area contributed by atoms with E-state index in [2.05, 4.69) is 28.3 Å². The minimum atomic E-state index is -0.379. The summed E-state index contributed by atoms with van der Waals surface area (Å²) < 4.78 is 15.6. The van der Waals surface area contributed by atoms with Crippen molar-refractivity contribution in [3.05, 3.63) is 53.9 Å². The van der Waals surface area contributed by atoms with Gasteiger partial charge in [-0.2, -0.15) is 0 Å². The molecule has 118 valence electrons. The predicted molar refractivity (Wildman–Crippen MR) is 82.8 cm³/mol. The lowest BCUT2D eigenvalue weighted by Crippen LogP contribution is -2.26. The molecule has 2 unspecified atom stereocenters. The molecule has 1 aromatic heterocycles. The second kappa shape index (κ2) is 6.18. The van der Waals surface area contributed by atoms with Crippen LogP contribution in [0.1, 0.15) is 43.7 Å². The molecule has 0 amide bonds. The standard InChI is InChI=1S/C17H22FN3O/c1-12(2)21-7-6-19-17(21)11-20-10-15(22)9-16(20)13-4-3-5-14(18)8-13/h3-8,12,15-16,22H,9-11H2,1-2H3. The van der Waals surface area contributed by atoms with Crippen LogP contribution in [0.5, 0.6) is 0 Å². The van der Waals surface area contributed by atoms with Gasteiger partial charge in [-0.3, -0.25) is 4.90 Å². The van der Waals surface area contributed by atoms with Crippen molar-refractivity contribution in [2.45, 2.75) is 45.0 Å². The third kappa shape index (κ3) is 3.05. The third-order valence-corrected chi connectivity index (χ3v) is 4.26. The molecule has 0 saturated carbocycles. The number of hydrogen-bond donors (Lipinski definition) is 1. The smallest absolute Gasteiger partial charge is 0.123 e. The number of aromatic nitrogens is 2. The Balaban J connectivity index is 1.83. The van der Waals surface area contributed by atoms with Gasteiger partial charge in [0.15, 0.2) is 0 Å². The van der Waals surface area contributed by atoms with E-state index in [1.54, 1.807) is 18.3 Å².